The number of carbonyl (C=O) groups excluding carboxylic acids is 2. The summed E-state index contributed by atoms with van der Waals surface area (Å²) in [6.07, 6.45) is 28.8. The number of aliphatic hydroxyl groups excluding tert-OH is 1. The van der Waals surface area contributed by atoms with Crippen molar-refractivity contribution >= 4 is 11.8 Å². The standard InChI is InChI=1S/C33H54O6/c1-2-3-4-5-6-7-8-9-10-11-12-13-14-15-16-17-24-37-31(36)26-30-25-29(35)27-33(38-30)23-22-32(39-33)20-18-28(34)19-21-32/h18-21,29-30,35H,2-17,22-27H2,1H3/t29-,30-,33-/m0/s1. The summed E-state index contributed by atoms with van der Waals surface area (Å²) in [5.41, 5.74) is -0.663. The SMILES string of the molecule is CCCCCCCCCCCCCCCCCCOC(=O)C[C@@H]1C[C@H](O)C[C@@]2(CCC3(C=CC(=O)C=C3)O2)O1. The van der Waals surface area contributed by atoms with Gasteiger partial charge in [-0.3, -0.25) is 9.59 Å². The van der Waals surface area contributed by atoms with Gasteiger partial charge in [-0.15, -0.1) is 0 Å². The number of allylic oxidation sites excluding steroid dienone is 2. The van der Waals surface area contributed by atoms with Crippen molar-refractivity contribution in [2.24, 2.45) is 0 Å². The summed E-state index contributed by atoms with van der Waals surface area (Å²) >= 11 is 0. The maximum atomic E-state index is 12.4. The Balaban J connectivity index is 1.16. The lowest BCUT2D eigenvalue weighted by Crippen LogP contribution is -2.48. The summed E-state index contributed by atoms with van der Waals surface area (Å²) in [7, 11) is 0. The molecule has 0 unspecified atom stereocenters. The zero-order valence-electron chi connectivity index (χ0n) is 24.5. The first-order valence-electron chi connectivity index (χ1n) is 16.1. The molecule has 2 heterocycles. The van der Waals surface area contributed by atoms with E-state index >= 15 is 0 Å². The largest absolute Gasteiger partial charge is 0.466 e. The molecule has 2 aliphatic heterocycles. The van der Waals surface area contributed by atoms with Gasteiger partial charge in [0, 0.05) is 19.3 Å². The lowest BCUT2D eigenvalue weighted by molar-refractivity contribution is -0.291. The number of hydrogen-bond donors (Lipinski definition) is 1. The normalized spacial score (nSPS) is 25.6. The van der Waals surface area contributed by atoms with Crippen molar-refractivity contribution in [3.8, 4) is 0 Å². The molecule has 0 aromatic carbocycles. The highest BCUT2D eigenvalue weighted by Crippen LogP contribution is 2.47. The molecule has 3 rings (SSSR count). The number of hydrogen-bond acceptors (Lipinski definition) is 6. The van der Waals surface area contributed by atoms with Crippen LogP contribution in [0.1, 0.15) is 142 Å². The average Bonchev–Trinajstić information content (AvgIpc) is 3.23. The van der Waals surface area contributed by atoms with Gasteiger partial charge in [-0.1, -0.05) is 103 Å². The number of ketones is 1. The Labute approximate surface area is 236 Å². The van der Waals surface area contributed by atoms with Gasteiger partial charge in [-0.05, 0) is 37.1 Å². The van der Waals surface area contributed by atoms with E-state index < -0.39 is 23.6 Å². The number of rotatable bonds is 19. The minimum atomic E-state index is -0.925. The molecule has 3 atom stereocenters. The predicted octanol–water partition coefficient (Wildman–Crippen LogP) is 7.66. The monoisotopic (exact) mass is 546 g/mol. The summed E-state index contributed by atoms with van der Waals surface area (Å²) in [5, 5.41) is 10.5. The molecule has 0 radical (unpaired) electrons. The number of esters is 1. The third-order valence-electron chi connectivity index (χ3n) is 8.45. The van der Waals surface area contributed by atoms with Crippen LogP contribution in [-0.4, -0.2) is 47.1 Å². The Morgan fingerprint density at radius 2 is 1.41 bits per heavy atom. The van der Waals surface area contributed by atoms with Gasteiger partial charge in [0.25, 0.3) is 0 Å². The van der Waals surface area contributed by atoms with Crippen LogP contribution in [0.4, 0.5) is 0 Å². The van der Waals surface area contributed by atoms with E-state index in [1.807, 2.05) is 0 Å². The third-order valence-corrected chi connectivity index (χ3v) is 8.45. The highest BCUT2D eigenvalue weighted by molar-refractivity contribution is 6.00. The van der Waals surface area contributed by atoms with Crippen molar-refractivity contribution in [1.29, 1.82) is 0 Å². The van der Waals surface area contributed by atoms with E-state index in [9.17, 15) is 14.7 Å². The first kappa shape index (κ1) is 32.0. The first-order chi connectivity index (χ1) is 18.9. The number of carbonyl (C=O) groups is 2. The molecule has 0 aromatic rings. The van der Waals surface area contributed by atoms with E-state index in [2.05, 4.69) is 6.92 Å². The molecule has 2 saturated heterocycles. The zero-order chi connectivity index (χ0) is 27.8. The number of aliphatic hydroxyl groups is 1. The molecule has 39 heavy (non-hydrogen) atoms. The fourth-order valence-electron chi connectivity index (χ4n) is 6.20. The van der Waals surface area contributed by atoms with E-state index in [1.54, 1.807) is 12.2 Å². The number of unbranched alkanes of at least 4 members (excludes halogenated alkanes) is 15. The number of ether oxygens (including phenoxy) is 3. The van der Waals surface area contributed by atoms with Crippen molar-refractivity contribution < 1.29 is 28.9 Å². The van der Waals surface area contributed by atoms with Gasteiger partial charge in [0.2, 0.25) is 0 Å². The fourth-order valence-corrected chi connectivity index (χ4v) is 6.20. The quantitative estimate of drug-likeness (QED) is 0.132. The molecule has 1 aliphatic carbocycles. The molecule has 2 spiro atoms. The molecule has 6 nitrogen and oxygen atoms in total. The minimum absolute atomic E-state index is 0.0558. The maximum Gasteiger partial charge on any atom is 0.308 e. The Morgan fingerprint density at radius 3 is 1.97 bits per heavy atom. The van der Waals surface area contributed by atoms with Crippen molar-refractivity contribution in [2.45, 2.75) is 165 Å². The second-order valence-electron chi connectivity index (χ2n) is 12.1. The van der Waals surface area contributed by atoms with Crippen LogP contribution in [0.25, 0.3) is 0 Å². The van der Waals surface area contributed by atoms with E-state index in [0.29, 0.717) is 32.3 Å². The van der Waals surface area contributed by atoms with Crippen LogP contribution in [0.15, 0.2) is 24.3 Å². The smallest absolute Gasteiger partial charge is 0.308 e. The van der Waals surface area contributed by atoms with E-state index in [0.717, 1.165) is 12.8 Å². The molecule has 1 N–H and O–H groups in total. The third kappa shape index (κ3) is 11.9. The van der Waals surface area contributed by atoms with Gasteiger partial charge in [-0.2, -0.15) is 0 Å². The van der Waals surface area contributed by atoms with Gasteiger partial charge in [0.15, 0.2) is 11.6 Å². The summed E-state index contributed by atoms with van der Waals surface area (Å²) in [5.74, 6) is -1.26. The molecule has 2 fully saturated rings. The molecular weight excluding hydrogens is 492 g/mol. The summed E-state index contributed by atoms with van der Waals surface area (Å²) in [6.45, 7) is 2.72. The fraction of sp³-hybridized carbons (Fsp3) is 0.818. The van der Waals surface area contributed by atoms with E-state index in [-0.39, 0.29) is 18.2 Å². The second kappa shape index (κ2) is 17.3. The zero-order valence-corrected chi connectivity index (χ0v) is 24.5. The highest BCUT2D eigenvalue weighted by atomic mass is 16.7. The topological polar surface area (TPSA) is 82.1 Å². The molecule has 0 amide bonds. The lowest BCUT2D eigenvalue weighted by Gasteiger charge is -2.41. The van der Waals surface area contributed by atoms with Crippen LogP contribution >= 0.6 is 0 Å². The Morgan fingerprint density at radius 1 is 0.872 bits per heavy atom. The Hall–Kier alpha value is -1.50. The van der Waals surface area contributed by atoms with Gasteiger partial charge >= 0.3 is 5.97 Å². The molecule has 0 bridgehead atoms. The summed E-state index contributed by atoms with van der Waals surface area (Å²) < 4.78 is 18.0. The Bertz CT molecular complexity index is 773. The van der Waals surface area contributed by atoms with Crippen LogP contribution in [-0.2, 0) is 23.8 Å². The second-order valence-corrected chi connectivity index (χ2v) is 12.1. The molecule has 6 heteroatoms. The van der Waals surface area contributed by atoms with Crippen LogP contribution in [0.2, 0.25) is 0 Å². The van der Waals surface area contributed by atoms with Crippen LogP contribution in [0.3, 0.4) is 0 Å². The molecule has 0 saturated carbocycles. The summed E-state index contributed by atoms with van der Waals surface area (Å²) in [4.78, 5) is 23.9. The average molecular weight is 547 g/mol. The van der Waals surface area contributed by atoms with Crippen molar-refractivity contribution in [3.05, 3.63) is 24.3 Å². The van der Waals surface area contributed by atoms with Crippen LogP contribution < -0.4 is 0 Å². The molecule has 3 aliphatic rings. The van der Waals surface area contributed by atoms with Crippen molar-refractivity contribution in [2.75, 3.05) is 6.61 Å². The van der Waals surface area contributed by atoms with Gasteiger partial charge < -0.3 is 19.3 Å². The first-order valence-corrected chi connectivity index (χ1v) is 16.1. The van der Waals surface area contributed by atoms with Crippen molar-refractivity contribution in [1.82, 2.24) is 0 Å². The molecule has 0 aromatic heterocycles. The van der Waals surface area contributed by atoms with Gasteiger partial charge in [0.1, 0.15) is 5.60 Å². The highest BCUT2D eigenvalue weighted by Gasteiger charge is 2.52. The summed E-state index contributed by atoms with van der Waals surface area (Å²) in [6, 6.07) is 0. The Kier molecular flexibility index (Phi) is 14.2. The van der Waals surface area contributed by atoms with Gasteiger partial charge in [-0.25, -0.2) is 0 Å². The van der Waals surface area contributed by atoms with Crippen molar-refractivity contribution in [3.63, 3.8) is 0 Å². The van der Waals surface area contributed by atoms with E-state index in [1.165, 1.54) is 102 Å². The maximum absolute atomic E-state index is 12.4. The lowest BCUT2D eigenvalue weighted by atomic mass is 9.92. The van der Waals surface area contributed by atoms with Crippen LogP contribution in [0.5, 0.6) is 0 Å². The molecule has 222 valence electrons. The molecular formula is C33H54O6. The van der Waals surface area contributed by atoms with E-state index in [4.69, 9.17) is 14.2 Å². The predicted molar refractivity (Wildman–Crippen MR) is 154 cm³/mol. The van der Waals surface area contributed by atoms with Crippen LogP contribution in [0, 0.1) is 0 Å². The van der Waals surface area contributed by atoms with Gasteiger partial charge in [0.05, 0.1) is 25.2 Å². The minimum Gasteiger partial charge on any atom is -0.466 e.